The van der Waals surface area contributed by atoms with E-state index in [1.165, 1.54) is 0 Å². The van der Waals surface area contributed by atoms with Gasteiger partial charge in [0.2, 0.25) is 0 Å². The van der Waals surface area contributed by atoms with E-state index in [1.54, 1.807) is 31.2 Å². The molecule has 0 saturated heterocycles. The molecule has 1 atom stereocenters. The van der Waals surface area contributed by atoms with Crippen LogP contribution in [0.2, 0.25) is 0 Å². The van der Waals surface area contributed by atoms with Crippen LogP contribution in [-0.2, 0) is 12.4 Å². The molecule has 0 saturated carbocycles. The van der Waals surface area contributed by atoms with Crippen molar-refractivity contribution in [2.24, 2.45) is 0 Å². The third-order valence-corrected chi connectivity index (χ3v) is 4.54. The van der Waals surface area contributed by atoms with E-state index >= 15 is 0 Å². The van der Waals surface area contributed by atoms with Gasteiger partial charge in [-0.25, -0.2) is 4.79 Å². The Kier molecular flexibility index (Phi) is 8.67. The molecule has 2 aromatic carbocycles. The quantitative estimate of drug-likeness (QED) is 0.381. The fourth-order valence-corrected chi connectivity index (χ4v) is 3.08. The Balaban J connectivity index is 0.00000199. The van der Waals surface area contributed by atoms with Crippen LogP contribution in [0.5, 0.6) is 0 Å². The van der Waals surface area contributed by atoms with E-state index in [0.717, 1.165) is 48.2 Å². The van der Waals surface area contributed by atoms with Crippen molar-refractivity contribution in [3.05, 3.63) is 94.8 Å². The number of aromatic nitrogens is 1. The topological polar surface area (TPSA) is 54.0 Å². The molecule has 3 rings (SSSR count). The van der Waals surface area contributed by atoms with Gasteiger partial charge in [0.05, 0.1) is 22.9 Å². The van der Waals surface area contributed by atoms with Gasteiger partial charge in [0, 0.05) is 11.9 Å². The van der Waals surface area contributed by atoms with E-state index in [2.05, 4.69) is 15.6 Å². The number of carbonyl (C=O) groups is 1. The van der Waals surface area contributed by atoms with Crippen LogP contribution in [-0.4, -0.2) is 11.0 Å². The van der Waals surface area contributed by atoms with E-state index < -0.39 is 41.2 Å². The lowest BCUT2D eigenvalue weighted by Gasteiger charge is -2.23. The number of anilines is 1. The highest BCUT2D eigenvalue weighted by Gasteiger charge is 2.37. The zero-order chi connectivity index (χ0) is 25.5. The number of urea groups is 1. The van der Waals surface area contributed by atoms with E-state index in [-0.39, 0.29) is 5.56 Å². The predicted octanol–water partition coefficient (Wildman–Crippen LogP) is 7.36. The summed E-state index contributed by atoms with van der Waals surface area (Å²) in [5.74, 6) is 0. The molecule has 1 aromatic heterocycles. The third-order valence-electron chi connectivity index (χ3n) is 4.54. The van der Waals surface area contributed by atoms with Gasteiger partial charge < -0.3 is 10.6 Å². The summed E-state index contributed by atoms with van der Waals surface area (Å²) in [6.45, 7) is 5.79. The van der Waals surface area contributed by atoms with Crippen molar-refractivity contribution in [3.8, 4) is 0 Å². The maximum atomic E-state index is 13.6. The first-order chi connectivity index (χ1) is 15.9. The average Bonchev–Trinajstić information content (AvgIpc) is 2.78. The Hall–Kier alpha value is -3.56. The van der Waals surface area contributed by atoms with Crippen LogP contribution in [0, 0.1) is 6.92 Å². The average molecular weight is 483 g/mol. The van der Waals surface area contributed by atoms with E-state index in [9.17, 15) is 31.1 Å². The normalized spacial score (nSPS) is 12.3. The summed E-state index contributed by atoms with van der Waals surface area (Å²) < 4.78 is 79.4. The molecule has 3 aromatic rings. The number of benzene rings is 2. The number of halogens is 6. The molecule has 0 radical (unpaired) electrons. The zero-order valence-corrected chi connectivity index (χ0v) is 18.6. The second kappa shape index (κ2) is 11.0. The van der Waals surface area contributed by atoms with Crippen molar-refractivity contribution in [2.45, 2.75) is 39.2 Å². The van der Waals surface area contributed by atoms with Gasteiger partial charge in [-0.05, 0) is 54.4 Å². The lowest BCUT2D eigenvalue weighted by molar-refractivity contribution is -0.139. The summed E-state index contributed by atoms with van der Waals surface area (Å²) in [5.41, 5.74) is -1.39. The summed E-state index contributed by atoms with van der Waals surface area (Å²) in [6, 6.07) is 9.76. The largest absolute Gasteiger partial charge is 0.418 e. The minimum absolute atomic E-state index is 0.00147. The third kappa shape index (κ3) is 6.97. The Labute approximate surface area is 193 Å². The van der Waals surface area contributed by atoms with Gasteiger partial charge in [-0.2, -0.15) is 26.3 Å². The van der Waals surface area contributed by atoms with Crippen LogP contribution in [0.3, 0.4) is 0 Å². The first-order valence-electron chi connectivity index (χ1n) is 10.3. The summed E-state index contributed by atoms with van der Waals surface area (Å²) in [7, 11) is 0. The van der Waals surface area contributed by atoms with E-state index in [0.29, 0.717) is 5.69 Å². The lowest BCUT2D eigenvalue weighted by atomic mass is 9.98. The van der Waals surface area contributed by atoms with Crippen LogP contribution < -0.4 is 10.6 Å². The molecule has 0 aliphatic rings. The van der Waals surface area contributed by atoms with Gasteiger partial charge in [-0.15, -0.1) is 0 Å². The summed E-state index contributed by atoms with van der Waals surface area (Å²) in [5, 5.41) is 4.90. The number of amides is 2. The molecule has 0 fully saturated rings. The molecule has 2 N–H and O–H groups in total. The minimum Gasteiger partial charge on any atom is -0.325 e. The predicted molar refractivity (Wildman–Crippen MR) is 117 cm³/mol. The molecule has 34 heavy (non-hydrogen) atoms. The zero-order valence-electron chi connectivity index (χ0n) is 18.6. The molecular formula is C24H23F6N3O. The Morgan fingerprint density at radius 2 is 1.53 bits per heavy atom. The van der Waals surface area contributed by atoms with Gasteiger partial charge in [0.1, 0.15) is 0 Å². The van der Waals surface area contributed by atoms with Gasteiger partial charge in [-0.3, -0.25) is 4.98 Å². The molecule has 0 aliphatic carbocycles. The molecule has 182 valence electrons. The highest BCUT2D eigenvalue weighted by Crippen LogP contribution is 2.36. The first kappa shape index (κ1) is 26.7. The summed E-state index contributed by atoms with van der Waals surface area (Å²) in [4.78, 5) is 16.3. The number of nitrogens with one attached hydrogen (secondary N) is 2. The molecule has 10 heteroatoms. The maximum Gasteiger partial charge on any atom is 0.418 e. The van der Waals surface area contributed by atoms with E-state index in [4.69, 9.17) is 0 Å². The Morgan fingerprint density at radius 1 is 0.882 bits per heavy atom. The molecular weight excluding hydrogens is 460 g/mol. The number of aryl methyl sites for hydroxylation is 1. The Bertz CT molecular complexity index is 1090. The van der Waals surface area contributed by atoms with Crippen molar-refractivity contribution in [1.29, 1.82) is 0 Å². The van der Waals surface area contributed by atoms with Crippen molar-refractivity contribution in [1.82, 2.24) is 10.3 Å². The highest BCUT2D eigenvalue weighted by atomic mass is 19.4. The van der Waals surface area contributed by atoms with Crippen LogP contribution in [0.1, 0.15) is 47.8 Å². The number of pyridine rings is 1. The van der Waals surface area contributed by atoms with Gasteiger partial charge in [0.25, 0.3) is 0 Å². The molecule has 2 amide bonds. The van der Waals surface area contributed by atoms with Crippen molar-refractivity contribution >= 4 is 11.7 Å². The molecule has 4 nitrogen and oxygen atoms in total. The van der Waals surface area contributed by atoms with Gasteiger partial charge in [-0.1, -0.05) is 38.1 Å². The smallest absolute Gasteiger partial charge is 0.325 e. The van der Waals surface area contributed by atoms with Crippen LogP contribution >= 0.6 is 0 Å². The van der Waals surface area contributed by atoms with Gasteiger partial charge >= 0.3 is 18.4 Å². The maximum absolute atomic E-state index is 13.6. The van der Waals surface area contributed by atoms with Crippen molar-refractivity contribution < 1.29 is 31.1 Å². The summed E-state index contributed by atoms with van der Waals surface area (Å²) in [6.07, 6.45) is -8.30. The van der Waals surface area contributed by atoms with Crippen LogP contribution in [0.25, 0.3) is 0 Å². The SMILES string of the molecule is CC.Cc1cccc(NC(=O)NC(c2ccc(C(F)(F)F)cc2)c2ncccc2C(F)(F)F)c1. The molecule has 1 unspecified atom stereocenters. The van der Waals surface area contributed by atoms with Crippen molar-refractivity contribution in [3.63, 3.8) is 0 Å². The Morgan fingerprint density at radius 3 is 2.09 bits per heavy atom. The number of alkyl halides is 6. The fraction of sp³-hybridized carbons (Fsp3) is 0.250. The number of nitrogens with zero attached hydrogens (tertiary/aromatic N) is 1. The minimum atomic E-state index is -4.79. The highest BCUT2D eigenvalue weighted by molar-refractivity contribution is 5.89. The number of hydrogen-bond acceptors (Lipinski definition) is 2. The fourth-order valence-electron chi connectivity index (χ4n) is 3.08. The standard InChI is InChI=1S/C22H17F6N3O.C2H6/c1-13-4-2-5-16(12-13)30-20(32)31-18(14-7-9-15(10-8-14)21(23,24)25)19-17(22(26,27)28)6-3-11-29-19;1-2/h2-12,18H,1H3,(H2,30,31,32);1-2H3. The number of hydrogen-bond donors (Lipinski definition) is 2. The van der Waals surface area contributed by atoms with Crippen LogP contribution in [0.15, 0.2) is 66.9 Å². The first-order valence-corrected chi connectivity index (χ1v) is 10.3. The second-order valence-electron chi connectivity index (χ2n) is 6.95. The van der Waals surface area contributed by atoms with Gasteiger partial charge in [0.15, 0.2) is 0 Å². The molecule has 1 heterocycles. The number of rotatable bonds is 4. The molecule has 0 spiro atoms. The molecule has 0 aliphatic heterocycles. The van der Waals surface area contributed by atoms with Crippen LogP contribution in [0.4, 0.5) is 36.8 Å². The molecule has 0 bridgehead atoms. The second-order valence-corrected chi connectivity index (χ2v) is 6.95. The lowest BCUT2D eigenvalue weighted by Crippen LogP contribution is -2.35. The van der Waals surface area contributed by atoms with Crippen molar-refractivity contribution in [2.75, 3.05) is 5.32 Å². The van der Waals surface area contributed by atoms with E-state index in [1.807, 2.05) is 13.8 Å². The number of carbonyl (C=O) groups excluding carboxylic acids is 1. The monoisotopic (exact) mass is 483 g/mol. The summed E-state index contributed by atoms with van der Waals surface area (Å²) >= 11 is 0.